The van der Waals surface area contributed by atoms with Crippen molar-refractivity contribution in [2.45, 2.75) is 181 Å². The van der Waals surface area contributed by atoms with Gasteiger partial charge in [-0.15, -0.1) is 0 Å². The van der Waals surface area contributed by atoms with E-state index in [-0.39, 0.29) is 0 Å². The Morgan fingerprint density at radius 1 is 0.438 bits per heavy atom. The molecule has 0 aromatic rings. The maximum Gasteiger partial charge on any atom is 0.217 e. The zero-order valence-electron chi connectivity index (χ0n) is 35.0. The molecule has 370 valence electrons. The lowest BCUT2D eigenvalue weighted by atomic mass is 9.94. The number of amides is 3. The molecule has 0 aromatic carbocycles. The first-order valence-corrected chi connectivity index (χ1v) is 20.4. The minimum Gasteiger partial charge on any atom is -0.394 e. The fourth-order valence-electron chi connectivity index (χ4n) is 7.98. The smallest absolute Gasteiger partial charge is 0.217 e. The van der Waals surface area contributed by atoms with E-state index in [0.29, 0.717) is 0 Å². The molecule has 1 unspecified atom stereocenters. The summed E-state index contributed by atoms with van der Waals surface area (Å²) in [6, 6.07) is -4.54. The number of rotatable bonds is 15. The summed E-state index contributed by atoms with van der Waals surface area (Å²) in [7, 11) is 0. The third-order valence-electron chi connectivity index (χ3n) is 11.4. The van der Waals surface area contributed by atoms with E-state index in [0.717, 1.165) is 20.8 Å². The van der Waals surface area contributed by atoms with Crippen LogP contribution in [-0.4, -0.2) is 264 Å². The molecule has 0 aliphatic carbocycles. The lowest BCUT2D eigenvalue weighted by Gasteiger charge is -2.48. The van der Waals surface area contributed by atoms with Crippen LogP contribution in [0.3, 0.4) is 0 Å². The molecule has 0 spiro atoms. The van der Waals surface area contributed by atoms with Crippen molar-refractivity contribution in [1.29, 1.82) is 0 Å². The molecule has 28 nitrogen and oxygen atoms in total. The van der Waals surface area contributed by atoms with Gasteiger partial charge in [0, 0.05) is 20.8 Å². The van der Waals surface area contributed by atoms with Crippen LogP contribution in [0.4, 0.5) is 0 Å². The molecular formula is C36H61N3O25. The van der Waals surface area contributed by atoms with Crippen LogP contribution in [0.2, 0.25) is 0 Å². The molecule has 5 aliphatic heterocycles. The topological polar surface area (TPSA) is 433 Å². The monoisotopic (exact) mass is 935 g/mol. The Hall–Kier alpha value is -2.47. The Bertz CT molecular complexity index is 1540. The molecular weight excluding hydrogens is 874 g/mol. The average molecular weight is 936 g/mol. The summed E-state index contributed by atoms with van der Waals surface area (Å²) in [6.07, 6.45) is -37.5. The fraction of sp³-hybridized carbons (Fsp3) is 0.917. The molecule has 3 amide bonds. The molecule has 5 saturated heterocycles. The van der Waals surface area contributed by atoms with Gasteiger partial charge in [0.1, 0.15) is 116 Å². The molecule has 0 saturated carbocycles. The van der Waals surface area contributed by atoms with Gasteiger partial charge >= 0.3 is 0 Å². The van der Waals surface area contributed by atoms with Gasteiger partial charge in [-0.25, -0.2) is 0 Å². The van der Waals surface area contributed by atoms with Gasteiger partial charge in [0.15, 0.2) is 31.5 Å². The van der Waals surface area contributed by atoms with Crippen LogP contribution in [0.15, 0.2) is 0 Å². The van der Waals surface area contributed by atoms with Gasteiger partial charge in [-0.05, 0) is 6.92 Å². The summed E-state index contributed by atoms with van der Waals surface area (Å²) in [5.74, 6) is -2.14. The molecule has 16 N–H and O–H groups in total. The quantitative estimate of drug-likeness (QED) is 0.0725. The van der Waals surface area contributed by atoms with Gasteiger partial charge in [-0.2, -0.15) is 0 Å². The number of ether oxygens (including phenoxy) is 9. The third-order valence-corrected chi connectivity index (χ3v) is 11.4. The van der Waals surface area contributed by atoms with Gasteiger partial charge in [0.2, 0.25) is 17.7 Å². The van der Waals surface area contributed by atoms with Crippen molar-refractivity contribution >= 4 is 17.7 Å². The molecule has 64 heavy (non-hydrogen) atoms. The Morgan fingerprint density at radius 3 is 1.39 bits per heavy atom. The number of aliphatic hydroxyl groups is 13. The van der Waals surface area contributed by atoms with E-state index in [1.807, 2.05) is 0 Å². The first kappa shape index (κ1) is 52.5. The first-order chi connectivity index (χ1) is 30.1. The molecule has 0 bridgehead atoms. The highest BCUT2D eigenvalue weighted by Crippen LogP contribution is 2.33. The fourth-order valence-corrected chi connectivity index (χ4v) is 7.98. The number of nitrogens with one attached hydrogen (secondary N) is 3. The number of aliphatic hydroxyl groups excluding tert-OH is 13. The van der Waals surface area contributed by atoms with E-state index >= 15 is 0 Å². The van der Waals surface area contributed by atoms with Crippen LogP contribution in [0.5, 0.6) is 0 Å². The SMILES string of the molecule is CC(=O)N[C@H]1[C@H](OC[C@H]2OC(O)[C@H](NC(C)=O)[C@@H](O[C@@H]3O[C@H](CO[C@@H]4O[C@H](CO)[C@@H](O)[C@H](O)[C@H]4NC(C)=O)[C@H](O)[C@H](O)[C@H]3O)[C@H]2O)O[C@H](CO)[C@@H](O[C@@H]2O[C@@H](C)[C@@H](O)[C@@H](O)[C@@H]2O)[C@@H]1O. The first-order valence-electron chi connectivity index (χ1n) is 20.4. The predicted octanol–water partition coefficient (Wildman–Crippen LogP) is -10.5. The zero-order chi connectivity index (χ0) is 47.5. The molecule has 5 rings (SSSR count). The molecule has 5 heterocycles. The van der Waals surface area contributed by atoms with Gasteiger partial charge < -0.3 is 125 Å². The lowest BCUT2D eigenvalue weighted by molar-refractivity contribution is -0.356. The molecule has 0 aromatic heterocycles. The van der Waals surface area contributed by atoms with Crippen molar-refractivity contribution in [2.75, 3.05) is 26.4 Å². The van der Waals surface area contributed by atoms with Gasteiger partial charge in [-0.1, -0.05) is 0 Å². The second-order valence-corrected chi connectivity index (χ2v) is 16.2. The van der Waals surface area contributed by atoms with E-state index in [1.54, 1.807) is 0 Å². The summed E-state index contributed by atoms with van der Waals surface area (Å²) in [6.45, 7) is 1.51. The number of carbonyl (C=O) groups excluding carboxylic acids is 3. The molecule has 0 radical (unpaired) electrons. The highest BCUT2D eigenvalue weighted by molar-refractivity contribution is 5.74. The highest BCUT2D eigenvalue weighted by Gasteiger charge is 2.54. The maximum absolute atomic E-state index is 12.3. The minimum atomic E-state index is -2.07. The Balaban J connectivity index is 1.30. The van der Waals surface area contributed by atoms with E-state index in [4.69, 9.17) is 42.6 Å². The van der Waals surface area contributed by atoms with Crippen LogP contribution >= 0.6 is 0 Å². The third kappa shape index (κ3) is 11.8. The average Bonchev–Trinajstić information content (AvgIpc) is 3.24. The van der Waals surface area contributed by atoms with Crippen molar-refractivity contribution in [3.8, 4) is 0 Å². The number of carbonyl (C=O) groups is 3. The van der Waals surface area contributed by atoms with Crippen molar-refractivity contribution in [3.63, 3.8) is 0 Å². The van der Waals surface area contributed by atoms with E-state index in [1.165, 1.54) is 6.92 Å². The summed E-state index contributed by atoms with van der Waals surface area (Å²) < 4.78 is 51.2. The molecule has 25 atom stereocenters. The normalized spacial score (nSPS) is 47.7. The zero-order valence-corrected chi connectivity index (χ0v) is 35.0. The predicted molar refractivity (Wildman–Crippen MR) is 200 cm³/mol. The van der Waals surface area contributed by atoms with E-state index in [9.17, 15) is 80.8 Å². The number of hydrogen-bond donors (Lipinski definition) is 16. The largest absolute Gasteiger partial charge is 0.394 e. The van der Waals surface area contributed by atoms with Crippen molar-refractivity contribution in [3.05, 3.63) is 0 Å². The van der Waals surface area contributed by atoms with E-state index in [2.05, 4.69) is 16.0 Å². The Morgan fingerprint density at radius 2 is 0.859 bits per heavy atom. The molecule has 5 aliphatic rings. The van der Waals surface area contributed by atoms with Crippen LogP contribution in [-0.2, 0) is 57.0 Å². The van der Waals surface area contributed by atoms with Gasteiger partial charge in [0.25, 0.3) is 0 Å². The summed E-state index contributed by atoms with van der Waals surface area (Å²) in [4.78, 5) is 36.4. The Labute approximate surface area is 364 Å². The minimum absolute atomic E-state index is 0.665. The van der Waals surface area contributed by atoms with E-state index < -0.39 is 197 Å². The maximum atomic E-state index is 12.3. The highest BCUT2D eigenvalue weighted by atomic mass is 16.8. The second-order valence-electron chi connectivity index (χ2n) is 16.2. The van der Waals surface area contributed by atoms with Crippen molar-refractivity contribution in [2.24, 2.45) is 0 Å². The molecule has 28 heteroatoms. The van der Waals surface area contributed by atoms with Crippen molar-refractivity contribution < 1.29 is 123 Å². The Kier molecular flexibility index (Phi) is 18.5. The van der Waals surface area contributed by atoms with Crippen LogP contribution in [0.1, 0.15) is 27.7 Å². The standard InChI is InChI=1S/C36H61N3O25/c1-9-20(45)26(51)28(53)35(58-9)63-30-14(6-41)61-34(18(25(30)50)38-11(3)43)57-8-16-23(48)31(19(32(55)59-16)39-12(4)44)64-36-29(54)27(52)22(47)15(62-36)7-56-33-17(37-10(2)42)24(49)21(46)13(5-40)60-33/h9,13-36,40-41,45-55H,5-8H2,1-4H3,(H,37,42)(H,38,43)(H,39,44)/t9-,13+,14+,15+,16+,17+,18+,19+,20+,21+,22-,23-,24+,25+,26+,27-,28-,29+,30+,31+,32?,33+,34+,35-,36-/m0/s1. The summed E-state index contributed by atoms with van der Waals surface area (Å²) >= 11 is 0. The van der Waals surface area contributed by atoms with Crippen LogP contribution in [0, 0.1) is 0 Å². The summed E-state index contributed by atoms with van der Waals surface area (Å²) in [5, 5.41) is 145. The number of hydrogen-bond acceptors (Lipinski definition) is 25. The van der Waals surface area contributed by atoms with Crippen molar-refractivity contribution in [1.82, 2.24) is 16.0 Å². The molecule has 5 fully saturated rings. The van der Waals surface area contributed by atoms with Gasteiger partial charge in [-0.3, -0.25) is 14.4 Å². The van der Waals surface area contributed by atoms with Crippen LogP contribution in [0.25, 0.3) is 0 Å². The second kappa shape index (κ2) is 22.6. The summed E-state index contributed by atoms with van der Waals surface area (Å²) in [5.41, 5.74) is 0. The van der Waals surface area contributed by atoms with Crippen LogP contribution < -0.4 is 16.0 Å². The van der Waals surface area contributed by atoms with Gasteiger partial charge in [0.05, 0.1) is 32.5 Å². The lowest BCUT2D eigenvalue weighted by Crippen LogP contribution is -2.69.